The standard InChI is InChI=1S/C18H20ClN/c1-3-12(2)13-8-9-17-14(10-13)11-18(20-17)15-6-4-5-7-16(15)19/h4-10,12,18,20H,3,11H2,1-2H3. The minimum absolute atomic E-state index is 0.297. The van der Waals surface area contributed by atoms with Crippen LogP contribution in [0.25, 0.3) is 0 Å². The summed E-state index contributed by atoms with van der Waals surface area (Å²) in [6.07, 6.45) is 2.20. The summed E-state index contributed by atoms with van der Waals surface area (Å²) in [6, 6.07) is 15.2. The molecule has 1 nitrogen and oxygen atoms in total. The second kappa shape index (κ2) is 5.49. The molecule has 1 aliphatic rings. The van der Waals surface area contributed by atoms with E-state index in [-0.39, 0.29) is 0 Å². The highest BCUT2D eigenvalue weighted by Crippen LogP contribution is 2.38. The van der Waals surface area contributed by atoms with Crippen molar-refractivity contribution in [1.29, 1.82) is 0 Å². The van der Waals surface area contributed by atoms with Gasteiger partial charge >= 0.3 is 0 Å². The van der Waals surface area contributed by atoms with Gasteiger partial charge in [0.15, 0.2) is 0 Å². The summed E-state index contributed by atoms with van der Waals surface area (Å²) in [4.78, 5) is 0. The minimum Gasteiger partial charge on any atom is -0.378 e. The topological polar surface area (TPSA) is 12.0 Å². The second-order valence-corrected chi connectivity index (χ2v) is 6.06. The summed E-state index contributed by atoms with van der Waals surface area (Å²) in [6.45, 7) is 4.53. The fourth-order valence-corrected chi connectivity index (χ4v) is 3.14. The number of hydrogen-bond acceptors (Lipinski definition) is 1. The fraction of sp³-hybridized carbons (Fsp3) is 0.333. The van der Waals surface area contributed by atoms with Crippen molar-refractivity contribution in [3.05, 3.63) is 64.2 Å². The molecule has 0 bridgehead atoms. The zero-order valence-corrected chi connectivity index (χ0v) is 12.7. The van der Waals surface area contributed by atoms with Crippen molar-refractivity contribution in [2.24, 2.45) is 0 Å². The molecule has 0 aliphatic carbocycles. The van der Waals surface area contributed by atoms with Gasteiger partial charge in [-0.15, -0.1) is 0 Å². The summed E-state index contributed by atoms with van der Waals surface area (Å²) in [5.41, 5.74) is 5.29. The Kier molecular flexibility index (Phi) is 3.71. The molecular formula is C18H20ClN. The molecule has 2 heteroatoms. The van der Waals surface area contributed by atoms with Gasteiger partial charge in [-0.3, -0.25) is 0 Å². The maximum Gasteiger partial charge on any atom is 0.0569 e. The van der Waals surface area contributed by atoms with Crippen LogP contribution in [0.4, 0.5) is 5.69 Å². The van der Waals surface area contributed by atoms with Gasteiger partial charge in [0.1, 0.15) is 0 Å². The molecule has 2 aromatic carbocycles. The van der Waals surface area contributed by atoms with E-state index in [1.807, 2.05) is 12.1 Å². The molecule has 2 atom stereocenters. The highest BCUT2D eigenvalue weighted by Gasteiger charge is 2.24. The number of nitrogens with one attached hydrogen (secondary N) is 1. The van der Waals surface area contributed by atoms with Crippen LogP contribution in [0.5, 0.6) is 0 Å². The molecule has 0 saturated heterocycles. The van der Waals surface area contributed by atoms with Gasteiger partial charge < -0.3 is 5.32 Å². The molecule has 0 radical (unpaired) electrons. The van der Waals surface area contributed by atoms with Crippen LogP contribution in [-0.2, 0) is 6.42 Å². The van der Waals surface area contributed by atoms with Crippen molar-refractivity contribution in [2.75, 3.05) is 5.32 Å². The van der Waals surface area contributed by atoms with Crippen LogP contribution >= 0.6 is 11.6 Å². The highest BCUT2D eigenvalue weighted by atomic mass is 35.5. The van der Waals surface area contributed by atoms with E-state index in [1.165, 1.54) is 28.8 Å². The second-order valence-electron chi connectivity index (χ2n) is 5.65. The summed E-state index contributed by atoms with van der Waals surface area (Å²) in [5, 5.41) is 4.44. The first kappa shape index (κ1) is 13.5. The third kappa shape index (κ3) is 2.43. The van der Waals surface area contributed by atoms with E-state index in [0.29, 0.717) is 12.0 Å². The number of hydrogen-bond donors (Lipinski definition) is 1. The quantitative estimate of drug-likeness (QED) is 0.778. The smallest absolute Gasteiger partial charge is 0.0569 e. The Bertz CT molecular complexity index is 621. The monoisotopic (exact) mass is 285 g/mol. The average molecular weight is 286 g/mol. The first-order valence-electron chi connectivity index (χ1n) is 7.32. The number of rotatable bonds is 3. The fourth-order valence-electron chi connectivity index (χ4n) is 2.87. The molecule has 3 rings (SSSR count). The van der Waals surface area contributed by atoms with Crippen LogP contribution in [0.3, 0.4) is 0 Å². The van der Waals surface area contributed by atoms with Crippen LogP contribution in [-0.4, -0.2) is 0 Å². The lowest BCUT2D eigenvalue weighted by molar-refractivity contribution is 0.732. The number of fused-ring (bicyclic) bond motifs is 1. The van der Waals surface area contributed by atoms with Crippen molar-refractivity contribution < 1.29 is 0 Å². The molecule has 0 fully saturated rings. The summed E-state index contributed by atoms with van der Waals surface area (Å²) >= 11 is 6.31. The van der Waals surface area contributed by atoms with E-state index in [2.05, 4.69) is 49.5 Å². The first-order chi connectivity index (χ1) is 9.69. The van der Waals surface area contributed by atoms with Crippen molar-refractivity contribution >= 4 is 17.3 Å². The predicted octanol–water partition coefficient (Wildman–Crippen LogP) is 5.56. The van der Waals surface area contributed by atoms with Gasteiger partial charge in [0.05, 0.1) is 6.04 Å². The minimum atomic E-state index is 0.297. The normalized spacial score (nSPS) is 18.4. The molecule has 20 heavy (non-hydrogen) atoms. The van der Waals surface area contributed by atoms with Gasteiger partial charge in [0, 0.05) is 10.7 Å². The van der Waals surface area contributed by atoms with E-state index in [4.69, 9.17) is 11.6 Å². The average Bonchev–Trinajstić information content (AvgIpc) is 2.89. The van der Waals surface area contributed by atoms with Gasteiger partial charge in [-0.2, -0.15) is 0 Å². The Labute approximate surface area is 126 Å². The maximum atomic E-state index is 6.31. The Morgan fingerprint density at radius 2 is 2.05 bits per heavy atom. The molecule has 104 valence electrons. The lowest BCUT2D eigenvalue weighted by Crippen LogP contribution is -2.05. The van der Waals surface area contributed by atoms with Crippen LogP contribution in [0.2, 0.25) is 5.02 Å². The lowest BCUT2D eigenvalue weighted by Gasteiger charge is -2.13. The number of anilines is 1. The lowest BCUT2D eigenvalue weighted by atomic mass is 9.95. The van der Waals surface area contributed by atoms with E-state index in [9.17, 15) is 0 Å². The summed E-state index contributed by atoms with van der Waals surface area (Å²) < 4.78 is 0. The molecule has 0 saturated carbocycles. The Balaban J connectivity index is 1.87. The van der Waals surface area contributed by atoms with Crippen molar-refractivity contribution in [3.8, 4) is 0 Å². The predicted molar refractivity (Wildman–Crippen MR) is 86.7 cm³/mol. The van der Waals surface area contributed by atoms with Crippen LogP contribution in [0.1, 0.15) is 48.9 Å². The molecular weight excluding hydrogens is 266 g/mol. The van der Waals surface area contributed by atoms with E-state index >= 15 is 0 Å². The SMILES string of the molecule is CCC(C)c1ccc2c(c1)CC(c1ccccc1Cl)N2. The zero-order chi connectivity index (χ0) is 14.1. The molecule has 1 N–H and O–H groups in total. The third-order valence-electron chi connectivity index (χ3n) is 4.35. The van der Waals surface area contributed by atoms with E-state index < -0.39 is 0 Å². The Hall–Kier alpha value is -1.47. The molecule has 0 aromatic heterocycles. The Morgan fingerprint density at radius 3 is 2.80 bits per heavy atom. The van der Waals surface area contributed by atoms with E-state index in [1.54, 1.807) is 0 Å². The first-order valence-corrected chi connectivity index (χ1v) is 7.70. The van der Waals surface area contributed by atoms with Crippen molar-refractivity contribution in [3.63, 3.8) is 0 Å². The Morgan fingerprint density at radius 1 is 1.25 bits per heavy atom. The van der Waals surface area contributed by atoms with Crippen LogP contribution in [0, 0.1) is 0 Å². The molecule has 1 heterocycles. The van der Waals surface area contributed by atoms with Crippen molar-refractivity contribution in [1.82, 2.24) is 0 Å². The molecule has 1 aliphatic heterocycles. The van der Waals surface area contributed by atoms with Gasteiger partial charge in [0.2, 0.25) is 0 Å². The number of benzene rings is 2. The van der Waals surface area contributed by atoms with Gasteiger partial charge in [0.25, 0.3) is 0 Å². The van der Waals surface area contributed by atoms with Crippen molar-refractivity contribution in [2.45, 2.75) is 38.6 Å². The molecule has 0 spiro atoms. The summed E-state index contributed by atoms with van der Waals surface area (Å²) in [7, 11) is 0. The zero-order valence-electron chi connectivity index (χ0n) is 12.0. The molecule has 2 unspecified atom stereocenters. The molecule has 2 aromatic rings. The van der Waals surface area contributed by atoms with Gasteiger partial charge in [-0.1, -0.05) is 55.8 Å². The van der Waals surface area contributed by atoms with Crippen LogP contribution in [0.15, 0.2) is 42.5 Å². The van der Waals surface area contributed by atoms with Crippen LogP contribution < -0.4 is 5.32 Å². The summed E-state index contributed by atoms with van der Waals surface area (Å²) in [5.74, 6) is 0.625. The largest absolute Gasteiger partial charge is 0.378 e. The van der Waals surface area contributed by atoms with E-state index in [0.717, 1.165) is 11.4 Å². The maximum absolute atomic E-state index is 6.31. The third-order valence-corrected chi connectivity index (χ3v) is 4.69. The highest BCUT2D eigenvalue weighted by molar-refractivity contribution is 6.31. The number of halogens is 1. The van der Waals surface area contributed by atoms with Gasteiger partial charge in [-0.25, -0.2) is 0 Å². The van der Waals surface area contributed by atoms with Gasteiger partial charge in [-0.05, 0) is 47.6 Å². The molecule has 0 amide bonds.